The summed E-state index contributed by atoms with van der Waals surface area (Å²) in [6.07, 6.45) is 6.44. The number of amides is 1. The van der Waals surface area contributed by atoms with E-state index in [1.165, 1.54) is 5.56 Å². The highest BCUT2D eigenvalue weighted by Gasteiger charge is 2.26. The molecule has 0 bridgehead atoms. The van der Waals surface area contributed by atoms with E-state index in [4.69, 9.17) is 0 Å². The van der Waals surface area contributed by atoms with Crippen LogP contribution in [-0.4, -0.2) is 51.2 Å². The maximum Gasteiger partial charge on any atom is 0.234 e. The largest absolute Gasteiger partial charge is 0.355 e. The molecule has 0 unspecified atom stereocenters. The first-order chi connectivity index (χ1) is 10.8. The third-order valence-electron chi connectivity index (χ3n) is 4.03. The van der Waals surface area contributed by atoms with Crippen molar-refractivity contribution >= 4 is 17.2 Å². The average molecular weight is 319 g/mol. The molecule has 0 aliphatic carbocycles. The summed E-state index contributed by atoms with van der Waals surface area (Å²) in [6, 6.07) is 2.48. The fourth-order valence-corrected chi connectivity index (χ4v) is 3.58. The van der Waals surface area contributed by atoms with Crippen LogP contribution in [0.5, 0.6) is 0 Å². The Kier molecular flexibility index (Phi) is 5.18. The zero-order valence-electron chi connectivity index (χ0n) is 12.5. The maximum absolute atomic E-state index is 12.1. The number of aromatic nitrogens is 3. The lowest BCUT2D eigenvalue weighted by Gasteiger charge is -2.23. The second kappa shape index (κ2) is 7.51. The molecule has 1 aliphatic rings. The quantitative estimate of drug-likeness (QED) is 0.832. The van der Waals surface area contributed by atoms with Crippen molar-refractivity contribution in [3.8, 4) is 0 Å². The Morgan fingerprint density at radius 1 is 1.50 bits per heavy atom. The van der Waals surface area contributed by atoms with Crippen molar-refractivity contribution < 1.29 is 4.79 Å². The Morgan fingerprint density at radius 3 is 3.23 bits per heavy atom. The Morgan fingerprint density at radius 2 is 2.45 bits per heavy atom. The summed E-state index contributed by atoms with van der Waals surface area (Å²) in [5, 5.41) is 11.4. The van der Waals surface area contributed by atoms with E-state index in [9.17, 15) is 4.79 Å². The summed E-state index contributed by atoms with van der Waals surface area (Å²) in [6.45, 7) is 2.97. The number of carbonyl (C=O) groups is 1. The van der Waals surface area contributed by atoms with Crippen molar-refractivity contribution in [2.24, 2.45) is 0 Å². The first kappa shape index (κ1) is 15.2. The van der Waals surface area contributed by atoms with Crippen molar-refractivity contribution in [3.63, 3.8) is 0 Å². The molecule has 0 aromatic carbocycles. The first-order valence-electron chi connectivity index (χ1n) is 7.65. The summed E-state index contributed by atoms with van der Waals surface area (Å²) in [4.78, 5) is 18.3. The number of nitrogens with zero attached hydrogens (tertiary/aromatic N) is 4. The molecule has 0 saturated carbocycles. The molecule has 7 heteroatoms. The van der Waals surface area contributed by atoms with Crippen molar-refractivity contribution in [1.82, 2.24) is 25.0 Å². The molecule has 3 rings (SSSR count). The number of hydrogen-bond acceptors (Lipinski definition) is 5. The predicted octanol–water partition coefficient (Wildman–Crippen LogP) is 1.16. The highest BCUT2D eigenvalue weighted by molar-refractivity contribution is 7.07. The van der Waals surface area contributed by atoms with Crippen LogP contribution in [0.4, 0.5) is 0 Å². The minimum atomic E-state index is 0.112. The molecule has 1 saturated heterocycles. The molecular formula is C15H21N5OS. The summed E-state index contributed by atoms with van der Waals surface area (Å²) in [7, 11) is 0. The fraction of sp³-hybridized carbons (Fsp3) is 0.533. The average Bonchev–Trinajstić information content (AvgIpc) is 3.23. The Bertz CT molecular complexity index is 569. The lowest BCUT2D eigenvalue weighted by atomic mass is 10.2. The van der Waals surface area contributed by atoms with Crippen LogP contribution in [0.3, 0.4) is 0 Å². The van der Waals surface area contributed by atoms with Gasteiger partial charge >= 0.3 is 0 Å². The monoisotopic (exact) mass is 319 g/mol. The lowest BCUT2D eigenvalue weighted by molar-refractivity contribution is -0.122. The molecular weight excluding hydrogens is 298 g/mol. The molecule has 1 atom stereocenters. The highest BCUT2D eigenvalue weighted by Crippen LogP contribution is 2.17. The normalized spacial score (nSPS) is 18.6. The minimum Gasteiger partial charge on any atom is -0.355 e. The number of rotatable bonds is 7. The Hall–Kier alpha value is -1.73. The Labute approximate surface area is 134 Å². The number of likely N-dealkylation sites (tertiary alicyclic amines) is 1. The third-order valence-corrected chi connectivity index (χ3v) is 4.76. The van der Waals surface area contributed by atoms with Crippen LogP contribution in [-0.2, 0) is 17.8 Å². The fourth-order valence-electron chi connectivity index (χ4n) is 2.87. The zero-order chi connectivity index (χ0) is 15.2. The van der Waals surface area contributed by atoms with Crippen LogP contribution < -0.4 is 5.32 Å². The molecule has 2 aromatic heterocycles. The van der Waals surface area contributed by atoms with Crippen LogP contribution in [0.25, 0.3) is 0 Å². The van der Waals surface area contributed by atoms with Crippen molar-refractivity contribution in [2.75, 3.05) is 19.6 Å². The van der Waals surface area contributed by atoms with Gasteiger partial charge in [0.05, 0.1) is 13.1 Å². The van der Waals surface area contributed by atoms with Gasteiger partial charge in [0, 0.05) is 12.6 Å². The van der Waals surface area contributed by atoms with Crippen molar-refractivity contribution in [1.29, 1.82) is 0 Å². The molecule has 1 N–H and O–H groups in total. The predicted molar refractivity (Wildman–Crippen MR) is 85.6 cm³/mol. The topological polar surface area (TPSA) is 63.1 Å². The molecule has 22 heavy (non-hydrogen) atoms. The number of nitrogens with one attached hydrogen (secondary N) is 1. The maximum atomic E-state index is 12.1. The van der Waals surface area contributed by atoms with Gasteiger partial charge in [0.1, 0.15) is 12.7 Å². The summed E-state index contributed by atoms with van der Waals surface area (Å²) >= 11 is 1.69. The SMILES string of the molecule is O=C(CN1CCC[C@H]1Cn1cncn1)NCCc1ccsc1. The van der Waals surface area contributed by atoms with Gasteiger partial charge in [-0.15, -0.1) is 0 Å². The lowest BCUT2D eigenvalue weighted by Crippen LogP contribution is -2.41. The van der Waals surface area contributed by atoms with Crippen LogP contribution in [0, 0.1) is 0 Å². The van der Waals surface area contributed by atoms with Crippen LogP contribution in [0.1, 0.15) is 18.4 Å². The standard InChI is InChI=1S/C15H21N5OS/c21-15(17-5-3-13-4-7-22-10-13)9-19-6-1-2-14(19)8-20-12-16-11-18-20/h4,7,10-12,14H,1-3,5-6,8-9H2,(H,17,21)/t14-/m0/s1. The highest BCUT2D eigenvalue weighted by atomic mass is 32.1. The van der Waals surface area contributed by atoms with E-state index in [0.29, 0.717) is 19.1 Å². The molecule has 1 aliphatic heterocycles. The molecule has 118 valence electrons. The van der Waals surface area contributed by atoms with Crippen LogP contribution >= 0.6 is 11.3 Å². The van der Waals surface area contributed by atoms with E-state index in [2.05, 4.69) is 37.1 Å². The molecule has 2 aromatic rings. The Balaban J connectivity index is 1.41. The summed E-state index contributed by atoms with van der Waals surface area (Å²) < 4.78 is 1.84. The number of hydrogen-bond donors (Lipinski definition) is 1. The van der Waals surface area contributed by atoms with Crippen LogP contribution in [0.2, 0.25) is 0 Å². The summed E-state index contributed by atoms with van der Waals surface area (Å²) in [5.74, 6) is 0.112. The number of thiophene rings is 1. The molecule has 1 amide bonds. The van der Waals surface area contributed by atoms with E-state index < -0.39 is 0 Å². The van der Waals surface area contributed by atoms with Gasteiger partial charge in [-0.3, -0.25) is 14.4 Å². The molecule has 1 fully saturated rings. The zero-order valence-corrected chi connectivity index (χ0v) is 13.3. The van der Waals surface area contributed by atoms with E-state index in [-0.39, 0.29) is 5.91 Å². The van der Waals surface area contributed by atoms with E-state index >= 15 is 0 Å². The van der Waals surface area contributed by atoms with E-state index in [0.717, 1.165) is 32.4 Å². The third kappa shape index (κ3) is 4.14. The molecule has 0 radical (unpaired) electrons. The first-order valence-corrected chi connectivity index (χ1v) is 8.60. The van der Waals surface area contributed by atoms with Crippen molar-refractivity contribution in [3.05, 3.63) is 35.0 Å². The molecule has 0 spiro atoms. The van der Waals surface area contributed by atoms with Gasteiger partial charge in [-0.1, -0.05) is 0 Å². The number of carbonyl (C=O) groups excluding carboxylic acids is 1. The summed E-state index contributed by atoms with van der Waals surface area (Å²) in [5.41, 5.74) is 1.29. The van der Waals surface area contributed by atoms with E-state index in [1.54, 1.807) is 24.0 Å². The molecule has 3 heterocycles. The van der Waals surface area contributed by atoms with Gasteiger partial charge in [0.15, 0.2) is 0 Å². The van der Waals surface area contributed by atoms with Crippen molar-refractivity contribution in [2.45, 2.75) is 31.8 Å². The van der Waals surface area contributed by atoms with Gasteiger partial charge in [-0.2, -0.15) is 16.4 Å². The molecule has 6 nitrogen and oxygen atoms in total. The van der Waals surface area contributed by atoms with Gasteiger partial charge in [-0.25, -0.2) is 4.98 Å². The second-order valence-corrected chi connectivity index (χ2v) is 6.40. The van der Waals surface area contributed by atoms with Gasteiger partial charge in [0.2, 0.25) is 5.91 Å². The van der Waals surface area contributed by atoms with Crippen LogP contribution in [0.15, 0.2) is 29.5 Å². The minimum absolute atomic E-state index is 0.112. The van der Waals surface area contributed by atoms with E-state index in [1.807, 2.05) is 4.68 Å². The van der Waals surface area contributed by atoms with Gasteiger partial charge in [-0.05, 0) is 48.2 Å². The van der Waals surface area contributed by atoms with Gasteiger partial charge in [0.25, 0.3) is 0 Å². The second-order valence-electron chi connectivity index (χ2n) is 5.62. The smallest absolute Gasteiger partial charge is 0.234 e. The van der Waals surface area contributed by atoms with Gasteiger partial charge < -0.3 is 5.32 Å².